The number of likely N-dealkylation sites (N-methyl/N-ethyl adjacent to an activating group) is 1. The van der Waals surface area contributed by atoms with Gasteiger partial charge in [-0.2, -0.15) is 0 Å². The van der Waals surface area contributed by atoms with Crippen molar-refractivity contribution < 1.29 is 14.4 Å². The van der Waals surface area contributed by atoms with E-state index in [4.69, 9.17) is 0 Å². The smallest absolute Gasteiger partial charge is 0.251 e. The Hall–Kier alpha value is -3.23. The lowest BCUT2D eigenvalue weighted by atomic mass is 10.00. The molecule has 2 aromatic carbocycles. The first-order valence-corrected chi connectivity index (χ1v) is 12.0. The summed E-state index contributed by atoms with van der Waals surface area (Å²) in [5.41, 5.74) is 9.27. The number of carbonyl (C=O) groups excluding carboxylic acids is 3. The van der Waals surface area contributed by atoms with E-state index in [0.29, 0.717) is 37.2 Å². The molecule has 0 saturated carbocycles. The van der Waals surface area contributed by atoms with Gasteiger partial charge in [-0.3, -0.25) is 25.2 Å². The van der Waals surface area contributed by atoms with Crippen LogP contribution in [-0.4, -0.2) is 55.3 Å². The molecule has 0 aliphatic carbocycles. The number of carbonyl (C=O) groups is 3. The first-order valence-electron chi connectivity index (χ1n) is 12.0. The molecular weight excluding hydrogens is 430 g/mol. The van der Waals surface area contributed by atoms with Crippen LogP contribution in [0.4, 0.5) is 5.69 Å². The first kappa shape index (κ1) is 23.9. The lowest BCUT2D eigenvalue weighted by Gasteiger charge is -2.19. The van der Waals surface area contributed by atoms with Gasteiger partial charge in [-0.05, 0) is 55.5 Å². The van der Waals surface area contributed by atoms with Crippen LogP contribution < -0.4 is 21.1 Å². The molecule has 4 rings (SSSR count). The lowest BCUT2D eigenvalue weighted by Crippen LogP contribution is -2.39. The summed E-state index contributed by atoms with van der Waals surface area (Å²) in [5.74, 6) is -0.302. The van der Waals surface area contributed by atoms with E-state index in [1.807, 2.05) is 6.07 Å². The van der Waals surface area contributed by atoms with E-state index < -0.39 is 0 Å². The molecule has 0 bridgehead atoms. The Morgan fingerprint density at radius 2 is 1.85 bits per heavy atom. The number of benzene rings is 2. The standard InChI is InChI=1S/C26H33N5O3/c1-30(15-5-9-21-17-23(29-28-21)19-7-3-2-4-8-19)25(33)18-27-26(34)20-11-13-22(14-12-20)31-16-6-10-24(31)32/h2-4,7-8,11-14,21,23,28-29H,5-6,9-10,15-18H2,1H3,(H,27,34). The summed E-state index contributed by atoms with van der Waals surface area (Å²) in [6, 6.07) is 18.0. The molecule has 34 heavy (non-hydrogen) atoms. The van der Waals surface area contributed by atoms with Crippen LogP contribution in [0.5, 0.6) is 0 Å². The SMILES string of the molecule is CN(CCCC1CC(c2ccccc2)NN1)C(=O)CNC(=O)c1ccc(N2CCCC2=O)cc1. The molecule has 2 aliphatic heterocycles. The molecule has 2 saturated heterocycles. The molecule has 2 fully saturated rings. The zero-order valence-electron chi connectivity index (χ0n) is 19.6. The maximum absolute atomic E-state index is 12.4. The average Bonchev–Trinajstić information content (AvgIpc) is 3.52. The molecule has 3 amide bonds. The summed E-state index contributed by atoms with van der Waals surface area (Å²) < 4.78 is 0. The average molecular weight is 464 g/mol. The van der Waals surface area contributed by atoms with E-state index in [2.05, 4.69) is 40.4 Å². The Kier molecular flexibility index (Phi) is 7.92. The summed E-state index contributed by atoms with van der Waals surface area (Å²) >= 11 is 0. The molecule has 2 atom stereocenters. The minimum Gasteiger partial charge on any atom is -0.344 e. The molecule has 0 spiro atoms. The van der Waals surface area contributed by atoms with Crippen molar-refractivity contribution in [2.75, 3.05) is 31.6 Å². The van der Waals surface area contributed by atoms with E-state index in [1.54, 1.807) is 41.1 Å². The normalized spacial score (nSPS) is 19.9. The van der Waals surface area contributed by atoms with Gasteiger partial charge >= 0.3 is 0 Å². The van der Waals surface area contributed by atoms with Gasteiger partial charge in [0.15, 0.2) is 0 Å². The largest absolute Gasteiger partial charge is 0.344 e. The maximum Gasteiger partial charge on any atom is 0.251 e. The van der Waals surface area contributed by atoms with Crippen molar-refractivity contribution in [2.24, 2.45) is 0 Å². The van der Waals surface area contributed by atoms with Crippen molar-refractivity contribution in [3.63, 3.8) is 0 Å². The van der Waals surface area contributed by atoms with Gasteiger partial charge in [0.25, 0.3) is 5.91 Å². The molecule has 3 N–H and O–H groups in total. The van der Waals surface area contributed by atoms with Crippen molar-refractivity contribution in [1.29, 1.82) is 0 Å². The highest BCUT2D eigenvalue weighted by Gasteiger charge is 2.25. The summed E-state index contributed by atoms with van der Waals surface area (Å²) in [5, 5.41) is 2.70. The van der Waals surface area contributed by atoms with Crippen LogP contribution in [-0.2, 0) is 9.59 Å². The molecule has 2 unspecified atom stereocenters. The lowest BCUT2D eigenvalue weighted by molar-refractivity contribution is -0.128. The van der Waals surface area contributed by atoms with Crippen LogP contribution in [0.25, 0.3) is 0 Å². The number of hydrazine groups is 1. The Balaban J connectivity index is 1.15. The minimum absolute atomic E-state index is 0.0407. The van der Waals surface area contributed by atoms with Gasteiger partial charge in [0.05, 0.1) is 6.54 Å². The van der Waals surface area contributed by atoms with Crippen molar-refractivity contribution in [3.05, 3.63) is 65.7 Å². The fourth-order valence-electron chi connectivity index (χ4n) is 4.52. The molecule has 8 nitrogen and oxygen atoms in total. The minimum atomic E-state index is -0.297. The first-order chi connectivity index (χ1) is 16.5. The van der Waals surface area contributed by atoms with Gasteiger partial charge in [-0.15, -0.1) is 0 Å². The molecule has 180 valence electrons. The molecule has 2 aromatic rings. The Labute approximate surface area is 200 Å². The van der Waals surface area contributed by atoms with Crippen LogP contribution in [0.15, 0.2) is 54.6 Å². The topological polar surface area (TPSA) is 93.8 Å². The highest BCUT2D eigenvalue weighted by atomic mass is 16.2. The Bertz CT molecular complexity index is 995. The van der Waals surface area contributed by atoms with Gasteiger partial charge < -0.3 is 15.1 Å². The predicted octanol–water partition coefficient (Wildman–Crippen LogP) is 2.39. The van der Waals surface area contributed by atoms with Crippen LogP contribution in [0.3, 0.4) is 0 Å². The molecule has 8 heteroatoms. The number of anilines is 1. The van der Waals surface area contributed by atoms with Crippen LogP contribution in [0.2, 0.25) is 0 Å². The quantitative estimate of drug-likeness (QED) is 0.531. The highest BCUT2D eigenvalue weighted by molar-refractivity contribution is 5.98. The Morgan fingerprint density at radius 1 is 1.09 bits per heavy atom. The second-order valence-corrected chi connectivity index (χ2v) is 9.02. The summed E-state index contributed by atoms with van der Waals surface area (Å²) in [6.45, 7) is 1.31. The van der Waals surface area contributed by atoms with E-state index >= 15 is 0 Å². The third kappa shape index (κ3) is 6.01. The van der Waals surface area contributed by atoms with Gasteiger partial charge in [0.2, 0.25) is 11.8 Å². The third-order valence-electron chi connectivity index (χ3n) is 6.57. The monoisotopic (exact) mass is 463 g/mol. The van der Waals surface area contributed by atoms with Crippen molar-refractivity contribution >= 4 is 23.4 Å². The van der Waals surface area contributed by atoms with Gasteiger partial charge in [-0.25, -0.2) is 0 Å². The van der Waals surface area contributed by atoms with Crippen LogP contribution in [0.1, 0.15) is 54.1 Å². The second kappa shape index (κ2) is 11.3. The van der Waals surface area contributed by atoms with E-state index in [0.717, 1.165) is 31.4 Å². The van der Waals surface area contributed by atoms with Crippen molar-refractivity contribution in [1.82, 2.24) is 21.1 Å². The molecule has 0 radical (unpaired) electrons. The zero-order valence-corrected chi connectivity index (χ0v) is 19.6. The predicted molar refractivity (Wildman–Crippen MR) is 131 cm³/mol. The number of amides is 3. The number of hydrogen-bond donors (Lipinski definition) is 3. The van der Waals surface area contributed by atoms with Gasteiger partial charge in [0, 0.05) is 49.9 Å². The summed E-state index contributed by atoms with van der Waals surface area (Å²) in [4.78, 5) is 40.1. The summed E-state index contributed by atoms with van der Waals surface area (Å²) in [6.07, 6.45) is 4.29. The number of nitrogens with one attached hydrogen (secondary N) is 3. The molecule has 0 aromatic heterocycles. The van der Waals surface area contributed by atoms with E-state index in [-0.39, 0.29) is 24.3 Å². The fourth-order valence-corrected chi connectivity index (χ4v) is 4.52. The fraction of sp³-hybridized carbons (Fsp3) is 0.423. The zero-order chi connectivity index (χ0) is 23.9. The van der Waals surface area contributed by atoms with Crippen LogP contribution in [0, 0.1) is 0 Å². The van der Waals surface area contributed by atoms with Crippen LogP contribution >= 0.6 is 0 Å². The number of rotatable bonds is 9. The number of nitrogens with zero attached hydrogens (tertiary/aromatic N) is 2. The molecule has 2 heterocycles. The molecular formula is C26H33N5O3. The maximum atomic E-state index is 12.4. The van der Waals surface area contributed by atoms with Gasteiger partial charge in [0.1, 0.15) is 0 Å². The highest BCUT2D eigenvalue weighted by Crippen LogP contribution is 2.24. The number of hydrogen-bond acceptors (Lipinski definition) is 5. The van der Waals surface area contributed by atoms with E-state index in [9.17, 15) is 14.4 Å². The Morgan fingerprint density at radius 3 is 2.56 bits per heavy atom. The van der Waals surface area contributed by atoms with Crippen molar-refractivity contribution in [3.8, 4) is 0 Å². The van der Waals surface area contributed by atoms with Crippen molar-refractivity contribution in [2.45, 2.75) is 44.2 Å². The second-order valence-electron chi connectivity index (χ2n) is 9.02. The van der Waals surface area contributed by atoms with E-state index in [1.165, 1.54) is 5.56 Å². The molecule has 2 aliphatic rings. The summed E-state index contributed by atoms with van der Waals surface area (Å²) in [7, 11) is 1.77. The van der Waals surface area contributed by atoms with Gasteiger partial charge in [-0.1, -0.05) is 30.3 Å². The third-order valence-corrected chi connectivity index (χ3v) is 6.57.